The second-order valence-corrected chi connectivity index (χ2v) is 8.96. The van der Waals surface area contributed by atoms with Crippen LogP contribution in [0.2, 0.25) is 0 Å². The maximum Gasteiger partial charge on any atom is 0.229 e. The summed E-state index contributed by atoms with van der Waals surface area (Å²) in [5, 5.41) is 5.65. The van der Waals surface area contributed by atoms with Crippen LogP contribution in [0.15, 0.2) is 23.6 Å². The van der Waals surface area contributed by atoms with Crippen molar-refractivity contribution in [2.24, 2.45) is 11.8 Å². The van der Waals surface area contributed by atoms with Crippen molar-refractivity contribution in [3.8, 4) is 11.3 Å². The minimum atomic E-state index is -0.00444. The van der Waals surface area contributed by atoms with Crippen molar-refractivity contribution in [2.75, 3.05) is 16.8 Å². The van der Waals surface area contributed by atoms with E-state index in [2.05, 4.69) is 16.4 Å². The van der Waals surface area contributed by atoms with Gasteiger partial charge in [0, 0.05) is 35.0 Å². The van der Waals surface area contributed by atoms with Gasteiger partial charge in [0.2, 0.25) is 11.8 Å². The van der Waals surface area contributed by atoms with Gasteiger partial charge in [-0.05, 0) is 43.4 Å². The molecule has 0 atom stereocenters. The van der Waals surface area contributed by atoms with Crippen LogP contribution in [0.3, 0.4) is 0 Å². The number of nitrogens with one attached hydrogen (secondary N) is 1. The molecule has 1 aliphatic carbocycles. The molecular formula is C22H27N3O2S. The molecule has 4 rings (SSSR count). The molecule has 148 valence electrons. The van der Waals surface area contributed by atoms with E-state index in [9.17, 15) is 9.59 Å². The number of fused-ring (bicyclic) bond motifs is 1. The molecule has 2 amide bonds. The minimum Gasteiger partial charge on any atom is -0.312 e. The summed E-state index contributed by atoms with van der Waals surface area (Å²) in [5.74, 6) is 0.418. The number of benzene rings is 1. The van der Waals surface area contributed by atoms with Crippen LogP contribution >= 0.6 is 11.3 Å². The van der Waals surface area contributed by atoms with Crippen LogP contribution in [-0.4, -0.2) is 23.3 Å². The van der Waals surface area contributed by atoms with Crippen molar-refractivity contribution >= 4 is 34.0 Å². The van der Waals surface area contributed by atoms with Gasteiger partial charge in [0.15, 0.2) is 5.13 Å². The molecule has 28 heavy (non-hydrogen) atoms. The van der Waals surface area contributed by atoms with Crippen molar-refractivity contribution in [3.63, 3.8) is 0 Å². The predicted octanol–water partition coefficient (Wildman–Crippen LogP) is 4.87. The third-order valence-corrected chi connectivity index (χ3v) is 6.47. The molecule has 1 aliphatic heterocycles. The average Bonchev–Trinajstić information content (AvgIpc) is 3.38. The first-order valence-corrected chi connectivity index (χ1v) is 11.1. The summed E-state index contributed by atoms with van der Waals surface area (Å²) < 4.78 is 0. The molecule has 1 saturated carbocycles. The molecule has 1 aromatic carbocycles. The Kier molecular flexibility index (Phi) is 5.49. The molecule has 0 radical (unpaired) electrons. The lowest BCUT2D eigenvalue weighted by Gasteiger charge is -2.31. The normalized spacial score (nSPS) is 17.0. The maximum absolute atomic E-state index is 12.5. The molecule has 2 heterocycles. The van der Waals surface area contributed by atoms with Crippen molar-refractivity contribution in [2.45, 2.75) is 52.4 Å². The quantitative estimate of drug-likeness (QED) is 0.800. The SMILES string of the molecule is CC(C)C(=O)N1CCCc2cc(-c3csc(NC(=O)C4CCCC4)n3)ccc21. The number of thiazole rings is 1. The largest absolute Gasteiger partial charge is 0.312 e. The Morgan fingerprint density at radius 1 is 1.21 bits per heavy atom. The number of anilines is 2. The molecule has 2 aromatic rings. The van der Waals surface area contributed by atoms with Gasteiger partial charge in [-0.3, -0.25) is 9.59 Å². The summed E-state index contributed by atoms with van der Waals surface area (Å²) in [4.78, 5) is 31.4. The van der Waals surface area contributed by atoms with Crippen LogP contribution in [-0.2, 0) is 16.0 Å². The van der Waals surface area contributed by atoms with Gasteiger partial charge in [-0.1, -0.05) is 32.8 Å². The molecule has 0 spiro atoms. The Labute approximate surface area is 170 Å². The lowest BCUT2D eigenvalue weighted by Crippen LogP contribution is -2.38. The van der Waals surface area contributed by atoms with Crippen LogP contribution in [0.5, 0.6) is 0 Å². The summed E-state index contributed by atoms with van der Waals surface area (Å²) in [6.45, 7) is 4.68. The minimum absolute atomic E-state index is 0.00444. The zero-order valence-electron chi connectivity index (χ0n) is 16.5. The number of rotatable bonds is 4. The van der Waals surface area contributed by atoms with E-state index in [0.717, 1.165) is 62.0 Å². The third-order valence-electron chi connectivity index (χ3n) is 5.71. The van der Waals surface area contributed by atoms with Crippen molar-refractivity contribution in [1.29, 1.82) is 0 Å². The fourth-order valence-corrected chi connectivity index (χ4v) is 4.88. The summed E-state index contributed by atoms with van der Waals surface area (Å²) in [6.07, 6.45) is 6.22. The summed E-state index contributed by atoms with van der Waals surface area (Å²) in [6, 6.07) is 6.22. The fraction of sp³-hybridized carbons (Fsp3) is 0.500. The lowest BCUT2D eigenvalue weighted by molar-refractivity contribution is -0.121. The summed E-state index contributed by atoms with van der Waals surface area (Å²) in [5.41, 5.74) is 4.14. The predicted molar refractivity (Wildman–Crippen MR) is 114 cm³/mol. The number of nitrogens with zero attached hydrogens (tertiary/aromatic N) is 2. The van der Waals surface area contributed by atoms with E-state index in [4.69, 9.17) is 0 Å². The summed E-state index contributed by atoms with van der Waals surface area (Å²) in [7, 11) is 0. The van der Waals surface area contributed by atoms with E-state index in [1.54, 1.807) is 0 Å². The van der Waals surface area contributed by atoms with Gasteiger partial charge in [0.05, 0.1) is 5.69 Å². The summed E-state index contributed by atoms with van der Waals surface area (Å²) >= 11 is 1.47. The maximum atomic E-state index is 12.5. The van der Waals surface area contributed by atoms with Crippen LogP contribution in [0, 0.1) is 11.8 Å². The van der Waals surface area contributed by atoms with E-state index in [1.165, 1.54) is 16.9 Å². The molecule has 0 saturated heterocycles. The van der Waals surface area contributed by atoms with Gasteiger partial charge in [0.1, 0.15) is 0 Å². The van der Waals surface area contributed by atoms with Gasteiger partial charge in [-0.15, -0.1) is 11.3 Å². The zero-order valence-corrected chi connectivity index (χ0v) is 17.3. The Hall–Kier alpha value is -2.21. The van der Waals surface area contributed by atoms with E-state index in [1.807, 2.05) is 36.3 Å². The Balaban J connectivity index is 1.52. The first kappa shape index (κ1) is 19.1. The van der Waals surface area contributed by atoms with E-state index in [0.29, 0.717) is 5.13 Å². The first-order chi connectivity index (χ1) is 13.5. The second-order valence-electron chi connectivity index (χ2n) is 8.10. The van der Waals surface area contributed by atoms with Crippen molar-refractivity contribution in [1.82, 2.24) is 4.98 Å². The number of amides is 2. The number of carbonyl (C=O) groups is 2. The number of aromatic nitrogens is 1. The monoisotopic (exact) mass is 397 g/mol. The van der Waals surface area contributed by atoms with Gasteiger partial charge >= 0.3 is 0 Å². The van der Waals surface area contributed by atoms with Gasteiger partial charge in [-0.25, -0.2) is 4.98 Å². The van der Waals surface area contributed by atoms with Gasteiger partial charge in [0.25, 0.3) is 0 Å². The molecule has 1 fully saturated rings. The van der Waals surface area contributed by atoms with Crippen LogP contribution in [0.1, 0.15) is 51.5 Å². The fourth-order valence-electron chi connectivity index (χ4n) is 4.16. The Morgan fingerprint density at radius 2 is 2.00 bits per heavy atom. The number of aryl methyl sites for hydroxylation is 1. The van der Waals surface area contributed by atoms with E-state index in [-0.39, 0.29) is 23.7 Å². The average molecular weight is 398 g/mol. The van der Waals surface area contributed by atoms with E-state index < -0.39 is 0 Å². The van der Waals surface area contributed by atoms with Crippen LogP contribution in [0.4, 0.5) is 10.8 Å². The third kappa shape index (κ3) is 3.83. The molecule has 1 N–H and O–H groups in total. The molecular weight excluding hydrogens is 370 g/mol. The Bertz CT molecular complexity index is 884. The van der Waals surface area contributed by atoms with Gasteiger partial charge in [-0.2, -0.15) is 0 Å². The van der Waals surface area contributed by atoms with Crippen molar-refractivity contribution < 1.29 is 9.59 Å². The number of carbonyl (C=O) groups excluding carboxylic acids is 2. The van der Waals surface area contributed by atoms with Gasteiger partial charge < -0.3 is 10.2 Å². The van der Waals surface area contributed by atoms with Crippen LogP contribution in [0.25, 0.3) is 11.3 Å². The molecule has 6 heteroatoms. The lowest BCUT2D eigenvalue weighted by atomic mass is 9.97. The molecule has 2 aliphatic rings. The van der Waals surface area contributed by atoms with E-state index >= 15 is 0 Å². The van der Waals surface area contributed by atoms with Crippen LogP contribution < -0.4 is 10.2 Å². The molecule has 5 nitrogen and oxygen atoms in total. The molecule has 0 bridgehead atoms. The highest BCUT2D eigenvalue weighted by Gasteiger charge is 2.25. The zero-order chi connectivity index (χ0) is 19.7. The number of hydrogen-bond acceptors (Lipinski definition) is 4. The Morgan fingerprint density at radius 3 is 2.75 bits per heavy atom. The highest BCUT2D eigenvalue weighted by Crippen LogP contribution is 2.34. The van der Waals surface area contributed by atoms with Crippen molar-refractivity contribution in [3.05, 3.63) is 29.1 Å². The molecule has 0 unspecified atom stereocenters. The highest BCUT2D eigenvalue weighted by atomic mass is 32.1. The topological polar surface area (TPSA) is 62.3 Å². The number of hydrogen-bond donors (Lipinski definition) is 1. The first-order valence-electron chi connectivity index (χ1n) is 10.2. The highest BCUT2D eigenvalue weighted by molar-refractivity contribution is 7.14. The smallest absolute Gasteiger partial charge is 0.229 e. The second kappa shape index (κ2) is 8.03. The molecule has 1 aromatic heterocycles. The standard InChI is InChI=1S/C22H27N3O2S/c1-14(2)21(27)25-11-5-8-17-12-16(9-10-19(17)25)18-13-28-22(23-18)24-20(26)15-6-3-4-7-15/h9-10,12-15H,3-8,11H2,1-2H3,(H,23,24,26).